The van der Waals surface area contributed by atoms with E-state index in [2.05, 4.69) is 9.97 Å². The molecular weight excluding hydrogens is 218 g/mol. The lowest BCUT2D eigenvalue weighted by Gasteiger charge is -2.08. The Bertz CT molecular complexity index is 507. The first-order chi connectivity index (χ1) is 8.22. The van der Waals surface area contributed by atoms with E-state index in [9.17, 15) is 0 Å². The summed E-state index contributed by atoms with van der Waals surface area (Å²) in [6, 6.07) is 7.31. The smallest absolute Gasteiger partial charge is 0.220 e. The first-order valence-electron chi connectivity index (χ1n) is 5.05. The third kappa shape index (κ3) is 2.44. The molecule has 2 rings (SSSR count). The van der Waals surface area contributed by atoms with Crippen molar-refractivity contribution in [3.63, 3.8) is 0 Å². The Morgan fingerprint density at radius 2 is 1.71 bits per heavy atom. The van der Waals surface area contributed by atoms with Gasteiger partial charge < -0.3 is 15.2 Å². The molecule has 1 aromatic heterocycles. The van der Waals surface area contributed by atoms with Crippen LogP contribution < -0.4 is 15.2 Å². The maximum atomic E-state index is 5.55. The van der Waals surface area contributed by atoms with Crippen LogP contribution >= 0.6 is 0 Å². The van der Waals surface area contributed by atoms with Crippen LogP contribution in [0, 0.1) is 0 Å². The first-order valence-corrected chi connectivity index (χ1v) is 5.05. The molecule has 1 aromatic carbocycles. The number of rotatable bonds is 3. The summed E-state index contributed by atoms with van der Waals surface area (Å²) >= 11 is 0. The maximum Gasteiger partial charge on any atom is 0.220 e. The predicted octanol–water partition coefficient (Wildman–Crippen LogP) is 1.74. The highest BCUT2D eigenvalue weighted by atomic mass is 16.5. The van der Waals surface area contributed by atoms with Crippen LogP contribution in [-0.4, -0.2) is 24.2 Å². The highest BCUT2D eigenvalue weighted by Crippen LogP contribution is 2.28. The average molecular weight is 231 g/mol. The molecule has 0 bridgehead atoms. The van der Waals surface area contributed by atoms with Crippen LogP contribution in [0.5, 0.6) is 11.5 Å². The molecule has 0 radical (unpaired) electrons. The molecule has 0 amide bonds. The van der Waals surface area contributed by atoms with Gasteiger partial charge in [-0.05, 0) is 18.2 Å². The molecule has 0 spiro atoms. The van der Waals surface area contributed by atoms with E-state index in [1.807, 2.05) is 12.1 Å². The molecule has 0 aliphatic rings. The fourth-order valence-electron chi connectivity index (χ4n) is 1.49. The Labute approximate surface area is 99.2 Å². The molecule has 17 heavy (non-hydrogen) atoms. The van der Waals surface area contributed by atoms with Crippen molar-refractivity contribution in [2.75, 3.05) is 20.0 Å². The summed E-state index contributed by atoms with van der Waals surface area (Å²) in [6.45, 7) is 0. The largest absolute Gasteiger partial charge is 0.497 e. The van der Waals surface area contributed by atoms with Crippen molar-refractivity contribution in [2.45, 2.75) is 0 Å². The van der Waals surface area contributed by atoms with Gasteiger partial charge in [-0.15, -0.1) is 0 Å². The van der Waals surface area contributed by atoms with Gasteiger partial charge in [0.05, 0.1) is 19.9 Å². The van der Waals surface area contributed by atoms with E-state index in [1.165, 1.54) is 0 Å². The summed E-state index contributed by atoms with van der Waals surface area (Å²) in [4.78, 5) is 8.00. The number of nitrogens with zero attached hydrogens (tertiary/aromatic N) is 2. The SMILES string of the molecule is COc1cc(OC)cc(-c2ccnc(N)n2)c1. The van der Waals surface area contributed by atoms with Gasteiger partial charge in [0.1, 0.15) is 11.5 Å². The molecule has 0 aliphatic heterocycles. The van der Waals surface area contributed by atoms with Crippen LogP contribution in [0.2, 0.25) is 0 Å². The van der Waals surface area contributed by atoms with E-state index in [0.29, 0.717) is 11.5 Å². The quantitative estimate of drug-likeness (QED) is 0.871. The first kappa shape index (κ1) is 11.2. The third-order valence-corrected chi connectivity index (χ3v) is 2.32. The Balaban J connectivity index is 2.50. The Hall–Kier alpha value is -2.30. The van der Waals surface area contributed by atoms with Gasteiger partial charge in [0.15, 0.2) is 0 Å². The molecule has 5 heteroatoms. The number of nitrogen functional groups attached to an aromatic ring is 1. The Kier molecular flexibility index (Phi) is 3.09. The summed E-state index contributed by atoms with van der Waals surface area (Å²) in [5.74, 6) is 1.65. The number of benzene rings is 1. The Morgan fingerprint density at radius 3 is 2.24 bits per heavy atom. The van der Waals surface area contributed by atoms with Crippen LogP contribution in [0.3, 0.4) is 0 Å². The monoisotopic (exact) mass is 231 g/mol. The minimum Gasteiger partial charge on any atom is -0.497 e. The van der Waals surface area contributed by atoms with Crippen LogP contribution in [0.1, 0.15) is 0 Å². The fraction of sp³-hybridized carbons (Fsp3) is 0.167. The van der Waals surface area contributed by atoms with E-state index in [4.69, 9.17) is 15.2 Å². The number of aromatic nitrogens is 2. The van der Waals surface area contributed by atoms with Gasteiger partial charge in [0.25, 0.3) is 0 Å². The molecule has 1 heterocycles. The fourth-order valence-corrected chi connectivity index (χ4v) is 1.49. The molecule has 0 fully saturated rings. The second kappa shape index (κ2) is 4.69. The van der Waals surface area contributed by atoms with Gasteiger partial charge in [0, 0.05) is 17.8 Å². The van der Waals surface area contributed by atoms with Gasteiger partial charge in [-0.1, -0.05) is 0 Å². The lowest BCUT2D eigenvalue weighted by Crippen LogP contribution is -1.96. The van der Waals surface area contributed by atoms with Crippen molar-refractivity contribution >= 4 is 5.95 Å². The topological polar surface area (TPSA) is 70.3 Å². The number of ether oxygens (including phenoxy) is 2. The van der Waals surface area contributed by atoms with Crippen LogP contribution in [0.4, 0.5) is 5.95 Å². The number of anilines is 1. The van der Waals surface area contributed by atoms with Crippen molar-refractivity contribution in [3.05, 3.63) is 30.5 Å². The maximum absolute atomic E-state index is 5.55. The van der Waals surface area contributed by atoms with Crippen LogP contribution in [0.25, 0.3) is 11.3 Å². The van der Waals surface area contributed by atoms with Gasteiger partial charge in [0.2, 0.25) is 5.95 Å². The summed E-state index contributed by atoms with van der Waals surface area (Å²) < 4.78 is 10.4. The van der Waals surface area contributed by atoms with E-state index in [-0.39, 0.29) is 5.95 Å². The molecule has 5 nitrogen and oxygen atoms in total. The van der Waals surface area contributed by atoms with Crippen molar-refractivity contribution < 1.29 is 9.47 Å². The molecular formula is C12H13N3O2. The van der Waals surface area contributed by atoms with E-state index in [0.717, 1.165) is 11.3 Å². The zero-order valence-electron chi connectivity index (χ0n) is 9.68. The van der Waals surface area contributed by atoms with Crippen molar-refractivity contribution in [1.82, 2.24) is 9.97 Å². The lowest BCUT2D eigenvalue weighted by atomic mass is 10.1. The molecule has 0 aliphatic carbocycles. The molecule has 88 valence electrons. The van der Waals surface area contributed by atoms with Crippen LogP contribution in [-0.2, 0) is 0 Å². The summed E-state index contributed by atoms with van der Waals surface area (Å²) in [6.07, 6.45) is 1.61. The third-order valence-electron chi connectivity index (χ3n) is 2.32. The van der Waals surface area contributed by atoms with E-state index >= 15 is 0 Å². The Morgan fingerprint density at radius 1 is 1.06 bits per heavy atom. The van der Waals surface area contributed by atoms with Crippen LogP contribution in [0.15, 0.2) is 30.5 Å². The van der Waals surface area contributed by atoms with E-state index in [1.54, 1.807) is 32.5 Å². The summed E-state index contributed by atoms with van der Waals surface area (Å²) in [5.41, 5.74) is 7.15. The van der Waals surface area contributed by atoms with Gasteiger partial charge >= 0.3 is 0 Å². The highest BCUT2D eigenvalue weighted by molar-refractivity contribution is 5.64. The standard InChI is InChI=1S/C12H13N3O2/c1-16-9-5-8(6-10(7-9)17-2)11-3-4-14-12(13)15-11/h3-7H,1-2H3,(H2,13,14,15). The highest BCUT2D eigenvalue weighted by Gasteiger charge is 2.05. The summed E-state index contributed by atoms with van der Waals surface area (Å²) in [7, 11) is 3.21. The van der Waals surface area contributed by atoms with Gasteiger partial charge in [-0.2, -0.15) is 0 Å². The lowest BCUT2D eigenvalue weighted by molar-refractivity contribution is 0.394. The summed E-state index contributed by atoms with van der Waals surface area (Å²) in [5, 5.41) is 0. The van der Waals surface area contributed by atoms with Gasteiger partial charge in [-0.25, -0.2) is 9.97 Å². The molecule has 0 unspecified atom stereocenters. The second-order valence-electron chi connectivity index (χ2n) is 3.40. The zero-order valence-corrected chi connectivity index (χ0v) is 9.68. The second-order valence-corrected chi connectivity index (χ2v) is 3.40. The van der Waals surface area contributed by atoms with Crippen molar-refractivity contribution in [3.8, 4) is 22.8 Å². The zero-order chi connectivity index (χ0) is 12.3. The van der Waals surface area contributed by atoms with Crippen molar-refractivity contribution in [1.29, 1.82) is 0 Å². The number of nitrogens with two attached hydrogens (primary N) is 1. The molecule has 0 saturated carbocycles. The molecule has 2 aromatic rings. The van der Waals surface area contributed by atoms with E-state index < -0.39 is 0 Å². The predicted molar refractivity (Wildman–Crippen MR) is 65.0 cm³/mol. The number of methoxy groups -OCH3 is 2. The number of hydrogen-bond acceptors (Lipinski definition) is 5. The molecule has 0 saturated heterocycles. The minimum atomic E-state index is 0.240. The molecule has 2 N–H and O–H groups in total. The number of hydrogen-bond donors (Lipinski definition) is 1. The molecule has 0 atom stereocenters. The normalized spacial score (nSPS) is 10.0. The average Bonchev–Trinajstić information content (AvgIpc) is 2.38. The van der Waals surface area contributed by atoms with Crippen molar-refractivity contribution in [2.24, 2.45) is 0 Å². The van der Waals surface area contributed by atoms with Gasteiger partial charge in [-0.3, -0.25) is 0 Å². The minimum absolute atomic E-state index is 0.240.